The van der Waals surface area contributed by atoms with Crippen LogP contribution in [0.15, 0.2) is 17.2 Å². The Labute approximate surface area is 466 Å². The van der Waals surface area contributed by atoms with E-state index in [0.717, 1.165) is 4.90 Å². The van der Waals surface area contributed by atoms with E-state index in [-0.39, 0.29) is 42.3 Å². The average Bonchev–Trinajstić information content (AvgIpc) is 3.97. The molecule has 8 amide bonds. The summed E-state index contributed by atoms with van der Waals surface area (Å²) >= 11 is 1.53. The fourth-order valence-electron chi connectivity index (χ4n) is 9.95. The van der Waals surface area contributed by atoms with E-state index >= 15 is 4.21 Å². The topological polar surface area (TPSA) is 364 Å². The zero-order valence-electron chi connectivity index (χ0n) is 46.3. The number of alkyl carbamates (subject to hydrolysis) is 1. The number of ketones is 2. The number of thioether (sulfide) groups is 1. The second kappa shape index (κ2) is 28.9. The molecule has 0 saturated carbocycles. The Morgan fingerprint density at radius 3 is 2.32 bits per heavy atom. The molecule has 0 aliphatic carbocycles. The molecule has 438 valence electrons. The summed E-state index contributed by atoms with van der Waals surface area (Å²) in [6.07, 6.45) is -2.46. The highest BCUT2D eigenvalue weighted by molar-refractivity contribution is 7.98. The van der Waals surface area contributed by atoms with Crippen molar-refractivity contribution >= 4 is 92.5 Å². The third-order valence-electron chi connectivity index (χ3n) is 14.5. The molecule has 3 aliphatic rings. The third kappa shape index (κ3) is 17.4. The number of aliphatic hydroxyl groups is 2. The van der Waals surface area contributed by atoms with Crippen LogP contribution in [0.1, 0.15) is 105 Å². The van der Waals surface area contributed by atoms with Gasteiger partial charge in [0.1, 0.15) is 34.5 Å². The van der Waals surface area contributed by atoms with Gasteiger partial charge in [0.25, 0.3) is 0 Å². The van der Waals surface area contributed by atoms with Crippen molar-refractivity contribution in [1.29, 1.82) is 0 Å². The van der Waals surface area contributed by atoms with Crippen LogP contribution in [0.2, 0.25) is 0 Å². The number of benzene rings is 1. The number of fused-ring (bicyclic) bond motifs is 5. The molecule has 0 radical (unpaired) electrons. The number of primary amides is 1. The number of Topliss-reactive ketones (excluding diaryl/α,β-unsaturated/α-hetero) is 2. The van der Waals surface area contributed by atoms with Gasteiger partial charge in [0.2, 0.25) is 41.4 Å². The van der Waals surface area contributed by atoms with Crippen molar-refractivity contribution < 1.29 is 71.8 Å². The van der Waals surface area contributed by atoms with E-state index < -0.39 is 168 Å². The number of nitrogens with two attached hydrogens (primary N) is 1. The maximum atomic E-state index is 15.3. The van der Waals surface area contributed by atoms with Crippen LogP contribution in [0.3, 0.4) is 0 Å². The number of hydrogen-bond acceptors (Lipinski definition) is 16. The second-order valence-electron chi connectivity index (χ2n) is 21.8. The number of methoxy groups -OCH3 is 1. The van der Waals surface area contributed by atoms with Crippen LogP contribution >= 0.6 is 11.8 Å². The fraction of sp³-hybridized carbons (Fsp3) is 0.660. The summed E-state index contributed by atoms with van der Waals surface area (Å²) < 4.78 is 26.4. The number of amides is 8. The van der Waals surface area contributed by atoms with Crippen molar-refractivity contribution in [3.63, 3.8) is 0 Å². The average molecular weight is 1150 g/mol. The summed E-state index contributed by atoms with van der Waals surface area (Å²) in [7, 11) is -0.889. The maximum Gasteiger partial charge on any atom is 0.407 e. The van der Waals surface area contributed by atoms with Gasteiger partial charge in [0, 0.05) is 60.4 Å². The summed E-state index contributed by atoms with van der Waals surface area (Å²) in [5, 5.41) is 37.1. The molecule has 5 rings (SSSR count). The number of unbranched alkanes of at least 4 members (excludes halogenated alkanes) is 1. The third-order valence-corrected chi connectivity index (χ3v) is 17.0. The molecule has 24 nitrogen and oxygen atoms in total. The van der Waals surface area contributed by atoms with Gasteiger partial charge in [-0.15, -0.1) is 0 Å². The summed E-state index contributed by atoms with van der Waals surface area (Å²) in [6.45, 7) is 10.2. The van der Waals surface area contributed by atoms with Gasteiger partial charge in [0.05, 0.1) is 67.4 Å². The SMILES string of the molecule is CC[C@H](C)[C@@H]1CC(=O)CNC(=O)[C@H]2CC(=O)[C@H]([C@@H](C)[C@@H](O)CO)NC(=O)[C@@H]3C[C@@H](C)CN3C(=O)[C@H](CC(N)=O)NC(=O)[C@H](CS(=O)c3[nH]c4c(CSCCCCNC(=O)OC(C)(C)C)c(OC)ccc4c3C2)NC(=O)CNC1=O. The van der Waals surface area contributed by atoms with Gasteiger partial charge in [-0.25, -0.2) is 4.79 Å². The van der Waals surface area contributed by atoms with Crippen LogP contribution in [0.4, 0.5) is 4.79 Å². The highest BCUT2D eigenvalue weighted by Crippen LogP contribution is 2.37. The predicted octanol–water partition coefficient (Wildman–Crippen LogP) is 0.377. The standard InChI is InChI=1S/C53H79N9O15S2/c1-9-28(3)33-19-31(64)21-56-46(69)30-17-34-32-12-13-41(76-8)35(25-78-15-11-10-14-55-52(74)77-53(5,6)7)45(32)61-50(34)79(75)26-37(58-43(68)22-57-47(33)70)48(71)59-36(20-42(54)67)51(73)62-23-27(2)16-38(62)49(72)60-44(39(65)18-30)29(4)40(66)24-63/h12-13,27-30,33,36-38,40,44,61,63,66H,9-11,14-26H2,1-8H3,(H2,54,67)(H,55,74)(H,56,69)(H,57,70)(H,58,68)(H,59,71)(H,60,72)/t27-,28+,29+,30-,33+,36+,37+,38+,40+,44+,79?/m1/s1. The smallest absolute Gasteiger partial charge is 0.407 e. The fourth-order valence-corrected chi connectivity index (χ4v) is 12.4. The summed E-state index contributed by atoms with van der Waals surface area (Å²) in [5.74, 6) is -11.3. The molecule has 1 aromatic heterocycles. The number of carbonyl (C=O) groups excluding carboxylic acids is 10. The van der Waals surface area contributed by atoms with Crippen LogP contribution in [0.25, 0.3) is 10.9 Å². The number of hydrogen-bond donors (Lipinski definition) is 10. The van der Waals surface area contributed by atoms with Crippen LogP contribution < -0.4 is 42.4 Å². The van der Waals surface area contributed by atoms with Crippen molar-refractivity contribution in [2.24, 2.45) is 35.3 Å². The quantitative estimate of drug-likeness (QED) is 0.108. The van der Waals surface area contributed by atoms with Gasteiger partial charge >= 0.3 is 6.09 Å². The van der Waals surface area contributed by atoms with Crippen LogP contribution in [0, 0.1) is 29.6 Å². The normalized spacial score (nSPS) is 25.6. The molecule has 11 N–H and O–H groups in total. The van der Waals surface area contributed by atoms with E-state index in [1.807, 2.05) is 0 Å². The summed E-state index contributed by atoms with van der Waals surface area (Å²) in [5.41, 5.74) is 6.22. The van der Waals surface area contributed by atoms with Crippen molar-refractivity contribution in [2.75, 3.05) is 51.4 Å². The van der Waals surface area contributed by atoms with Crippen LogP contribution in [0.5, 0.6) is 5.75 Å². The largest absolute Gasteiger partial charge is 0.496 e. The molecule has 26 heteroatoms. The zero-order chi connectivity index (χ0) is 58.5. The van der Waals surface area contributed by atoms with E-state index in [4.69, 9.17) is 15.2 Å². The number of rotatable bonds is 15. The number of aromatic nitrogens is 1. The van der Waals surface area contributed by atoms with Gasteiger partial charge in [0.15, 0.2) is 11.6 Å². The molecular formula is C53H79N9O15S2. The zero-order valence-corrected chi connectivity index (χ0v) is 47.9. The summed E-state index contributed by atoms with van der Waals surface area (Å²) in [6, 6.07) is -3.06. The van der Waals surface area contributed by atoms with Crippen LogP contribution in [-0.4, -0.2) is 171 Å². The Morgan fingerprint density at radius 2 is 1.66 bits per heavy atom. The lowest BCUT2D eigenvalue weighted by Gasteiger charge is -2.32. The monoisotopic (exact) mass is 1150 g/mol. The first-order valence-corrected chi connectivity index (χ1v) is 29.2. The minimum absolute atomic E-state index is 0.0457. The van der Waals surface area contributed by atoms with Crippen molar-refractivity contribution in [1.82, 2.24) is 41.8 Å². The van der Waals surface area contributed by atoms with Gasteiger partial charge in [-0.3, -0.25) is 47.4 Å². The molecule has 1 saturated heterocycles. The molecule has 1 unspecified atom stereocenters. The van der Waals surface area contributed by atoms with Crippen molar-refractivity contribution in [2.45, 2.75) is 146 Å². The molecule has 1 aromatic carbocycles. The number of aliphatic hydroxyl groups excluding tert-OH is 2. The summed E-state index contributed by atoms with van der Waals surface area (Å²) in [4.78, 5) is 144. The first-order chi connectivity index (χ1) is 37.3. The highest BCUT2D eigenvalue weighted by Gasteiger charge is 2.44. The molecule has 0 spiro atoms. The second-order valence-corrected chi connectivity index (χ2v) is 24.4. The Hall–Kier alpha value is -6.12. The Kier molecular flexibility index (Phi) is 23.3. The van der Waals surface area contributed by atoms with E-state index in [9.17, 15) is 58.2 Å². The molecule has 4 heterocycles. The van der Waals surface area contributed by atoms with Crippen molar-refractivity contribution in [3.8, 4) is 5.75 Å². The van der Waals surface area contributed by atoms with E-state index in [2.05, 4.69) is 36.9 Å². The number of carbonyl (C=O) groups is 10. The lowest BCUT2D eigenvalue weighted by molar-refractivity contribution is -0.143. The van der Waals surface area contributed by atoms with E-state index in [1.165, 1.54) is 25.8 Å². The van der Waals surface area contributed by atoms with Gasteiger partial charge in [-0.1, -0.05) is 34.1 Å². The number of ether oxygens (including phenoxy) is 2. The van der Waals surface area contributed by atoms with Crippen LogP contribution in [-0.2, 0) is 70.9 Å². The molecule has 1 fully saturated rings. The molecule has 2 aromatic rings. The molecule has 3 aliphatic heterocycles. The number of nitrogens with one attached hydrogen (secondary N) is 7. The lowest BCUT2D eigenvalue weighted by atomic mass is 9.85. The lowest BCUT2D eigenvalue weighted by Crippen LogP contribution is -2.60. The van der Waals surface area contributed by atoms with Gasteiger partial charge < -0.3 is 67.2 Å². The highest BCUT2D eigenvalue weighted by atomic mass is 32.2. The number of aromatic amines is 1. The van der Waals surface area contributed by atoms with E-state index in [0.29, 0.717) is 59.5 Å². The molecule has 2 bridgehead atoms. The van der Waals surface area contributed by atoms with Gasteiger partial charge in [-0.05, 0) is 81.7 Å². The van der Waals surface area contributed by atoms with Gasteiger partial charge in [-0.2, -0.15) is 11.8 Å². The minimum Gasteiger partial charge on any atom is -0.496 e. The Morgan fingerprint density at radius 1 is 0.949 bits per heavy atom. The Balaban J connectivity index is 1.71. The number of H-pyrrole nitrogens is 1. The predicted molar refractivity (Wildman–Crippen MR) is 292 cm³/mol. The minimum atomic E-state index is -2.35. The number of nitrogens with zero attached hydrogens (tertiary/aromatic N) is 1. The Bertz CT molecular complexity index is 2620. The maximum absolute atomic E-state index is 15.3. The first kappa shape index (κ1) is 63.7. The molecular weight excluding hydrogens is 1070 g/mol. The van der Waals surface area contributed by atoms with Crippen molar-refractivity contribution in [3.05, 3.63) is 23.3 Å². The first-order valence-electron chi connectivity index (χ1n) is 26.8. The molecule has 11 atom stereocenters. The van der Waals surface area contributed by atoms with E-state index in [1.54, 1.807) is 53.7 Å². The molecule has 79 heavy (non-hydrogen) atoms.